The smallest absolute Gasteiger partial charge is 0.392 e. The molecule has 0 amide bonds. The molecule has 3 aromatic heterocycles. The fourth-order valence-corrected chi connectivity index (χ4v) is 3.11. The van der Waals surface area contributed by atoms with Crippen LogP contribution in [0.3, 0.4) is 0 Å². The van der Waals surface area contributed by atoms with Crippen LogP contribution in [0.5, 0.6) is 0 Å². The van der Waals surface area contributed by atoms with Gasteiger partial charge in [-0.25, -0.2) is 9.97 Å². The van der Waals surface area contributed by atoms with E-state index in [1.165, 1.54) is 18.5 Å². The lowest BCUT2D eigenvalue weighted by Gasteiger charge is -2.14. The lowest BCUT2D eigenvalue weighted by Crippen LogP contribution is -2.12. The Morgan fingerprint density at radius 1 is 0.875 bits per heavy atom. The maximum atomic E-state index is 13.5. The number of hydrogen-bond acceptors (Lipinski definition) is 6. The zero-order valence-electron chi connectivity index (χ0n) is 16.7. The number of aliphatic hydroxyl groups excluding tert-OH is 1. The number of nitrogens with zero attached hydrogens (tertiary/aromatic N) is 4. The summed E-state index contributed by atoms with van der Waals surface area (Å²) in [5.74, 6) is 0.0520. The average molecular weight is 437 g/mol. The van der Waals surface area contributed by atoms with Crippen LogP contribution in [0.15, 0.2) is 73.3 Å². The van der Waals surface area contributed by atoms with Gasteiger partial charge in [0.05, 0.1) is 18.0 Å². The van der Waals surface area contributed by atoms with Crippen molar-refractivity contribution in [3.05, 3.63) is 90.0 Å². The molecule has 0 bridgehead atoms. The number of benzene rings is 1. The summed E-state index contributed by atoms with van der Waals surface area (Å²) in [4.78, 5) is 16.1. The Hall–Kier alpha value is -3.85. The second kappa shape index (κ2) is 9.11. The largest absolute Gasteiger partial charge is 0.419 e. The van der Waals surface area contributed by atoms with Gasteiger partial charge in [-0.05, 0) is 29.3 Å². The minimum Gasteiger partial charge on any atom is -0.392 e. The van der Waals surface area contributed by atoms with Crippen LogP contribution in [-0.4, -0.2) is 25.0 Å². The first kappa shape index (κ1) is 21.4. The van der Waals surface area contributed by atoms with Gasteiger partial charge in [-0.15, -0.1) is 0 Å². The van der Waals surface area contributed by atoms with Gasteiger partial charge in [0.15, 0.2) is 0 Å². The van der Waals surface area contributed by atoms with Gasteiger partial charge < -0.3 is 10.4 Å². The Kier molecular flexibility index (Phi) is 6.09. The van der Waals surface area contributed by atoms with Crippen molar-refractivity contribution >= 4 is 5.95 Å². The summed E-state index contributed by atoms with van der Waals surface area (Å²) >= 11 is 0. The molecule has 32 heavy (non-hydrogen) atoms. The number of rotatable bonds is 6. The molecule has 0 aliphatic carbocycles. The van der Waals surface area contributed by atoms with Crippen molar-refractivity contribution in [3.63, 3.8) is 0 Å². The van der Waals surface area contributed by atoms with Gasteiger partial charge in [-0.3, -0.25) is 9.97 Å². The maximum Gasteiger partial charge on any atom is 0.419 e. The molecule has 0 radical (unpaired) electrons. The summed E-state index contributed by atoms with van der Waals surface area (Å²) in [5, 5.41) is 12.2. The molecular weight excluding hydrogens is 419 g/mol. The number of aliphatic hydroxyl groups is 1. The first-order valence-electron chi connectivity index (χ1n) is 9.67. The quantitative estimate of drug-likeness (QED) is 0.454. The van der Waals surface area contributed by atoms with E-state index in [9.17, 15) is 18.3 Å². The van der Waals surface area contributed by atoms with Crippen molar-refractivity contribution in [1.82, 2.24) is 19.9 Å². The number of pyridine rings is 2. The molecule has 0 saturated carbocycles. The number of hydrogen-bond donors (Lipinski definition) is 2. The second-order valence-electron chi connectivity index (χ2n) is 6.96. The van der Waals surface area contributed by atoms with Gasteiger partial charge in [0.1, 0.15) is 5.56 Å². The topological polar surface area (TPSA) is 83.8 Å². The summed E-state index contributed by atoms with van der Waals surface area (Å²) in [5.41, 5.74) is 1.97. The van der Waals surface area contributed by atoms with Crippen LogP contribution < -0.4 is 5.32 Å². The predicted molar refractivity (Wildman–Crippen MR) is 113 cm³/mol. The third kappa shape index (κ3) is 4.89. The Balaban J connectivity index is 1.56. The highest BCUT2D eigenvalue weighted by molar-refractivity contribution is 5.64. The third-order valence-corrected chi connectivity index (χ3v) is 4.71. The van der Waals surface area contributed by atoms with E-state index in [-0.39, 0.29) is 23.8 Å². The van der Waals surface area contributed by atoms with E-state index in [1.54, 1.807) is 6.20 Å². The summed E-state index contributed by atoms with van der Waals surface area (Å²) in [6.45, 7) is -0.0187. The Morgan fingerprint density at radius 3 is 2.38 bits per heavy atom. The van der Waals surface area contributed by atoms with E-state index in [2.05, 4.69) is 25.3 Å². The molecule has 0 atom stereocenters. The van der Waals surface area contributed by atoms with Gasteiger partial charge in [-0.2, -0.15) is 13.2 Å². The highest BCUT2D eigenvalue weighted by Crippen LogP contribution is 2.36. The van der Waals surface area contributed by atoms with E-state index in [4.69, 9.17) is 0 Å². The van der Waals surface area contributed by atoms with Gasteiger partial charge >= 0.3 is 6.18 Å². The van der Waals surface area contributed by atoms with Crippen LogP contribution in [0.4, 0.5) is 19.1 Å². The van der Waals surface area contributed by atoms with E-state index < -0.39 is 11.7 Å². The molecule has 0 saturated heterocycles. The van der Waals surface area contributed by atoms with Gasteiger partial charge in [0, 0.05) is 42.5 Å². The monoisotopic (exact) mass is 437 g/mol. The summed E-state index contributed by atoms with van der Waals surface area (Å²) in [6, 6.07) is 14.7. The molecule has 0 aliphatic rings. The lowest BCUT2D eigenvalue weighted by molar-refractivity contribution is -0.137. The van der Waals surface area contributed by atoms with Crippen molar-refractivity contribution < 1.29 is 18.3 Å². The second-order valence-corrected chi connectivity index (χ2v) is 6.96. The maximum absolute atomic E-state index is 13.5. The minimum atomic E-state index is -4.63. The highest BCUT2D eigenvalue weighted by Gasteiger charge is 2.35. The van der Waals surface area contributed by atoms with Crippen LogP contribution in [0.25, 0.3) is 22.5 Å². The highest BCUT2D eigenvalue weighted by atomic mass is 19.4. The van der Waals surface area contributed by atoms with Gasteiger partial charge in [-0.1, -0.05) is 30.3 Å². The molecule has 6 nitrogen and oxygen atoms in total. The molecule has 0 unspecified atom stereocenters. The molecule has 162 valence electrons. The van der Waals surface area contributed by atoms with Crippen LogP contribution in [-0.2, 0) is 19.3 Å². The van der Waals surface area contributed by atoms with Crippen molar-refractivity contribution in [2.24, 2.45) is 0 Å². The molecule has 3 heterocycles. The number of anilines is 1. The normalized spacial score (nSPS) is 11.4. The molecular formula is C23H18F3N5O. The Bertz CT molecular complexity index is 1200. The predicted octanol–water partition coefficient (Wildman–Crippen LogP) is 4.72. The van der Waals surface area contributed by atoms with Gasteiger partial charge in [0.2, 0.25) is 5.95 Å². The lowest BCUT2D eigenvalue weighted by atomic mass is 10.1. The van der Waals surface area contributed by atoms with Crippen LogP contribution in [0.1, 0.15) is 16.7 Å². The van der Waals surface area contributed by atoms with E-state index >= 15 is 0 Å². The SMILES string of the molecule is OCc1cncc(-c2nc(NCc3ccc(-c4ccccn4)cc3)ncc2C(F)(F)F)c1. The molecule has 4 aromatic rings. The van der Waals surface area contributed by atoms with Crippen molar-refractivity contribution in [3.8, 4) is 22.5 Å². The average Bonchev–Trinajstić information content (AvgIpc) is 2.83. The Morgan fingerprint density at radius 2 is 1.69 bits per heavy atom. The third-order valence-electron chi connectivity index (χ3n) is 4.71. The fraction of sp³-hybridized carbons (Fsp3) is 0.130. The first-order chi connectivity index (χ1) is 15.4. The zero-order chi connectivity index (χ0) is 22.6. The van der Waals surface area contributed by atoms with E-state index in [0.29, 0.717) is 12.1 Å². The molecule has 4 rings (SSSR count). The van der Waals surface area contributed by atoms with Crippen molar-refractivity contribution in [1.29, 1.82) is 0 Å². The molecule has 2 N–H and O–H groups in total. The zero-order valence-corrected chi connectivity index (χ0v) is 16.7. The van der Waals surface area contributed by atoms with Crippen molar-refractivity contribution in [2.45, 2.75) is 19.3 Å². The van der Waals surface area contributed by atoms with Gasteiger partial charge in [0.25, 0.3) is 0 Å². The molecule has 0 fully saturated rings. The van der Waals surface area contributed by atoms with Crippen LogP contribution in [0, 0.1) is 0 Å². The Labute approximate surface area is 181 Å². The summed E-state index contributed by atoms with van der Waals surface area (Å²) < 4.78 is 40.5. The molecule has 0 spiro atoms. The minimum absolute atomic E-state index is 0.0520. The number of halogens is 3. The fourth-order valence-electron chi connectivity index (χ4n) is 3.11. The summed E-state index contributed by atoms with van der Waals surface area (Å²) in [6.07, 6.45) is 0.490. The van der Waals surface area contributed by atoms with Crippen LogP contribution in [0.2, 0.25) is 0 Å². The molecule has 0 aliphatic heterocycles. The number of alkyl halides is 3. The van der Waals surface area contributed by atoms with E-state index in [0.717, 1.165) is 23.0 Å². The summed E-state index contributed by atoms with van der Waals surface area (Å²) in [7, 11) is 0. The number of nitrogens with one attached hydrogen (secondary N) is 1. The van der Waals surface area contributed by atoms with Crippen LogP contribution >= 0.6 is 0 Å². The standard InChI is InChI=1S/C23H18F3N5O/c24-23(25,26)19-13-30-22(31-21(19)18-9-16(14-32)10-27-12-18)29-11-15-4-6-17(7-5-15)20-3-1-2-8-28-20/h1-10,12-13,32H,11,14H2,(H,29,30,31). The van der Waals surface area contributed by atoms with Crippen molar-refractivity contribution in [2.75, 3.05) is 5.32 Å². The first-order valence-corrected chi connectivity index (χ1v) is 9.67. The molecule has 9 heteroatoms. The molecule has 1 aromatic carbocycles. The van der Waals surface area contributed by atoms with E-state index in [1.807, 2.05) is 42.5 Å². The number of aromatic nitrogens is 4.